The molecule has 1 aromatic carbocycles. The van der Waals surface area contributed by atoms with E-state index in [2.05, 4.69) is 4.98 Å². The molecule has 6 heteroatoms. The van der Waals surface area contributed by atoms with Gasteiger partial charge in [-0.05, 0) is 19.1 Å². The van der Waals surface area contributed by atoms with Crippen LogP contribution in [0.4, 0.5) is 10.8 Å². The van der Waals surface area contributed by atoms with E-state index in [0.717, 1.165) is 11.3 Å². The maximum absolute atomic E-state index is 10.6. The largest absolute Gasteiger partial charge is 0.375 e. The van der Waals surface area contributed by atoms with Gasteiger partial charge in [0, 0.05) is 22.6 Å². The van der Waals surface area contributed by atoms with Gasteiger partial charge in [-0.15, -0.1) is 11.3 Å². The molecular formula is C10H9N3O2S. The van der Waals surface area contributed by atoms with E-state index in [9.17, 15) is 10.1 Å². The predicted molar refractivity (Wildman–Crippen MR) is 63.4 cm³/mol. The highest BCUT2D eigenvalue weighted by molar-refractivity contribution is 7.13. The smallest absolute Gasteiger partial charge is 0.272 e. The Morgan fingerprint density at radius 3 is 2.75 bits per heavy atom. The first-order valence-corrected chi connectivity index (χ1v) is 5.42. The summed E-state index contributed by atoms with van der Waals surface area (Å²) in [6.07, 6.45) is 0. The van der Waals surface area contributed by atoms with Crippen LogP contribution in [0.25, 0.3) is 11.3 Å². The van der Waals surface area contributed by atoms with Crippen molar-refractivity contribution in [3.8, 4) is 11.3 Å². The topological polar surface area (TPSA) is 82.0 Å². The van der Waals surface area contributed by atoms with Crippen molar-refractivity contribution in [2.24, 2.45) is 0 Å². The minimum atomic E-state index is -0.394. The Kier molecular flexibility index (Phi) is 2.57. The van der Waals surface area contributed by atoms with Crippen LogP contribution >= 0.6 is 11.3 Å². The third kappa shape index (κ3) is 1.87. The van der Waals surface area contributed by atoms with Crippen LogP contribution in [-0.4, -0.2) is 9.91 Å². The molecule has 0 fully saturated rings. The fraction of sp³-hybridized carbons (Fsp3) is 0.100. The first-order valence-electron chi connectivity index (χ1n) is 4.54. The molecule has 16 heavy (non-hydrogen) atoms. The van der Waals surface area contributed by atoms with Crippen molar-refractivity contribution in [2.75, 3.05) is 5.73 Å². The quantitative estimate of drug-likeness (QED) is 0.640. The van der Waals surface area contributed by atoms with E-state index in [4.69, 9.17) is 5.73 Å². The van der Waals surface area contributed by atoms with Gasteiger partial charge < -0.3 is 5.73 Å². The summed E-state index contributed by atoms with van der Waals surface area (Å²) in [7, 11) is 0. The number of nitro benzene ring substituents is 1. The molecule has 2 aromatic rings. The third-order valence-electron chi connectivity index (χ3n) is 2.21. The molecule has 0 aliphatic heterocycles. The van der Waals surface area contributed by atoms with Gasteiger partial charge in [0.25, 0.3) is 5.69 Å². The van der Waals surface area contributed by atoms with Crippen LogP contribution in [0.2, 0.25) is 0 Å². The van der Waals surface area contributed by atoms with Crippen LogP contribution in [0.5, 0.6) is 0 Å². The number of anilines is 1. The highest BCUT2D eigenvalue weighted by Gasteiger charge is 2.11. The van der Waals surface area contributed by atoms with Crippen LogP contribution in [0.15, 0.2) is 23.6 Å². The average molecular weight is 235 g/mol. The highest BCUT2D eigenvalue weighted by Crippen LogP contribution is 2.27. The standard InChI is InChI=1S/C10H9N3O2S/c1-6-4-7(2-3-9(6)13(14)15)8-5-16-10(11)12-8/h2-5H,1H3,(H2,11,12). The van der Waals surface area contributed by atoms with Gasteiger partial charge in [-0.25, -0.2) is 4.98 Å². The summed E-state index contributed by atoms with van der Waals surface area (Å²) < 4.78 is 0. The predicted octanol–water partition coefficient (Wildman–Crippen LogP) is 2.61. The average Bonchev–Trinajstić information content (AvgIpc) is 2.64. The summed E-state index contributed by atoms with van der Waals surface area (Å²) in [5.41, 5.74) is 7.86. The van der Waals surface area contributed by atoms with Crippen molar-refractivity contribution in [3.05, 3.63) is 39.3 Å². The second kappa shape index (κ2) is 3.90. The molecule has 2 rings (SSSR count). The second-order valence-corrected chi connectivity index (χ2v) is 4.22. The van der Waals surface area contributed by atoms with Gasteiger partial charge in [0.05, 0.1) is 10.6 Å². The molecular weight excluding hydrogens is 226 g/mol. The Labute approximate surface area is 95.7 Å². The molecule has 0 aliphatic carbocycles. The molecule has 2 N–H and O–H groups in total. The maximum Gasteiger partial charge on any atom is 0.272 e. The van der Waals surface area contributed by atoms with E-state index in [0.29, 0.717) is 10.7 Å². The van der Waals surface area contributed by atoms with Gasteiger partial charge >= 0.3 is 0 Å². The van der Waals surface area contributed by atoms with Crippen molar-refractivity contribution < 1.29 is 4.92 Å². The normalized spacial score (nSPS) is 10.3. The molecule has 0 bridgehead atoms. The number of nitrogens with two attached hydrogens (primary N) is 1. The number of hydrogen-bond acceptors (Lipinski definition) is 5. The molecule has 0 amide bonds. The number of benzene rings is 1. The number of thiazole rings is 1. The van der Waals surface area contributed by atoms with Crippen molar-refractivity contribution >= 4 is 22.2 Å². The summed E-state index contributed by atoms with van der Waals surface area (Å²) in [5.74, 6) is 0. The number of rotatable bonds is 2. The molecule has 1 aromatic heterocycles. The third-order valence-corrected chi connectivity index (χ3v) is 2.89. The SMILES string of the molecule is Cc1cc(-c2csc(N)n2)ccc1[N+](=O)[O-]. The van der Waals surface area contributed by atoms with E-state index in [1.807, 2.05) is 5.38 Å². The van der Waals surface area contributed by atoms with Gasteiger partial charge in [0.15, 0.2) is 5.13 Å². The molecule has 5 nitrogen and oxygen atoms in total. The lowest BCUT2D eigenvalue weighted by atomic mass is 10.1. The van der Waals surface area contributed by atoms with E-state index >= 15 is 0 Å². The summed E-state index contributed by atoms with van der Waals surface area (Å²) in [6.45, 7) is 1.71. The number of hydrogen-bond donors (Lipinski definition) is 1. The van der Waals surface area contributed by atoms with E-state index < -0.39 is 4.92 Å². The molecule has 0 unspecified atom stereocenters. The number of nitro groups is 1. The van der Waals surface area contributed by atoms with Gasteiger partial charge in [-0.1, -0.05) is 0 Å². The van der Waals surface area contributed by atoms with E-state index in [-0.39, 0.29) is 5.69 Å². The molecule has 0 spiro atoms. The Bertz CT molecular complexity index is 551. The van der Waals surface area contributed by atoms with Crippen LogP contribution in [0.3, 0.4) is 0 Å². The van der Waals surface area contributed by atoms with Crippen molar-refractivity contribution in [1.29, 1.82) is 0 Å². The Balaban J connectivity index is 2.45. The Hall–Kier alpha value is -1.95. The zero-order valence-electron chi connectivity index (χ0n) is 8.51. The fourth-order valence-electron chi connectivity index (χ4n) is 1.44. The summed E-state index contributed by atoms with van der Waals surface area (Å²) in [4.78, 5) is 14.4. The lowest BCUT2D eigenvalue weighted by Gasteiger charge is -2.00. The molecule has 0 saturated heterocycles. The summed E-state index contributed by atoms with van der Waals surface area (Å²) in [6, 6.07) is 4.91. The van der Waals surface area contributed by atoms with Gasteiger partial charge in [-0.2, -0.15) is 0 Å². The van der Waals surface area contributed by atoms with Crippen LogP contribution in [0, 0.1) is 17.0 Å². The molecule has 1 heterocycles. The molecule has 82 valence electrons. The number of aromatic nitrogens is 1. The minimum absolute atomic E-state index is 0.118. The minimum Gasteiger partial charge on any atom is -0.375 e. The first kappa shape index (κ1) is 10.6. The van der Waals surface area contributed by atoms with E-state index in [1.165, 1.54) is 17.4 Å². The van der Waals surface area contributed by atoms with Crippen molar-refractivity contribution in [1.82, 2.24) is 4.98 Å². The Morgan fingerprint density at radius 1 is 1.50 bits per heavy atom. The molecule has 0 atom stereocenters. The molecule has 0 radical (unpaired) electrons. The number of aryl methyl sites for hydroxylation is 1. The lowest BCUT2D eigenvalue weighted by molar-refractivity contribution is -0.385. The van der Waals surface area contributed by atoms with Crippen LogP contribution in [-0.2, 0) is 0 Å². The fourth-order valence-corrected chi connectivity index (χ4v) is 2.01. The zero-order valence-corrected chi connectivity index (χ0v) is 9.32. The summed E-state index contributed by atoms with van der Waals surface area (Å²) >= 11 is 1.35. The Morgan fingerprint density at radius 2 is 2.25 bits per heavy atom. The van der Waals surface area contributed by atoms with Crippen LogP contribution in [0.1, 0.15) is 5.56 Å². The van der Waals surface area contributed by atoms with Gasteiger partial charge in [-0.3, -0.25) is 10.1 Å². The van der Waals surface area contributed by atoms with Crippen LogP contribution < -0.4 is 5.73 Å². The highest BCUT2D eigenvalue weighted by atomic mass is 32.1. The van der Waals surface area contributed by atoms with E-state index in [1.54, 1.807) is 19.1 Å². The number of nitrogen functional groups attached to an aromatic ring is 1. The monoisotopic (exact) mass is 235 g/mol. The van der Waals surface area contributed by atoms with Crippen molar-refractivity contribution in [2.45, 2.75) is 6.92 Å². The molecule has 0 saturated carbocycles. The lowest BCUT2D eigenvalue weighted by Crippen LogP contribution is -1.92. The van der Waals surface area contributed by atoms with Gasteiger partial charge in [0.1, 0.15) is 0 Å². The molecule has 0 aliphatic rings. The summed E-state index contributed by atoms with van der Waals surface area (Å²) in [5, 5.41) is 13.0. The van der Waals surface area contributed by atoms with Crippen molar-refractivity contribution in [3.63, 3.8) is 0 Å². The second-order valence-electron chi connectivity index (χ2n) is 3.33. The maximum atomic E-state index is 10.6. The first-order chi connectivity index (χ1) is 7.58. The van der Waals surface area contributed by atoms with Gasteiger partial charge in [0.2, 0.25) is 0 Å². The zero-order chi connectivity index (χ0) is 11.7. The number of nitrogens with zero attached hydrogens (tertiary/aromatic N) is 2.